The van der Waals surface area contributed by atoms with Gasteiger partial charge in [-0.3, -0.25) is 4.79 Å². The Balaban J connectivity index is 0. The van der Waals surface area contributed by atoms with Crippen molar-refractivity contribution >= 4 is 30.7 Å². The van der Waals surface area contributed by atoms with Gasteiger partial charge in [-0.25, -0.2) is 0 Å². The van der Waals surface area contributed by atoms with Crippen molar-refractivity contribution in [1.82, 2.24) is 10.2 Å². The van der Waals surface area contributed by atoms with E-state index in [1.807, 2.05) is 0 Å². The molecule has 1 amide bonds. The van der Waals surface area contributed by atoms with Crippen molar-refractivity contribution in [3.8, 4) is 0 Å². The van der Waals surface area contributed by atoms with E-state index >= 15 is 0 Å². The molecule has 0 aromatic carbocycles. The molecule has 0 saturated carbocycles. The zero-order valence-electron chi connectivity index (χ0n) is 13.2. The van der Waals surface area contributed by atoms with Gasteiger partial charge < -0.3 is 20.7 Å². The summed E-state index contributed by atoms with van der Waals surface area (Å²) in [6, 6.07) is 0. The standard InChI is InChI=1S/C14H29N3O2.2ClH/c1-12(11-17-6-4-3-5-7-17)10-16-14(18)8-13(9-15)19-2;;/h12-13H,3-11,15H2,1-2H3,(H,16,18);2*1H. The molecule has 5 nitrogen and oxygen atoms in total. The van der Waals surface area contributed by atoms with E-state index in [9.17, 15) is 4.79 Å². The minimum absolute atomic E-state index is 0. The van der Waals surface area contributed by atoms with Gasteiger partial charge in [0.25, 0.3) is 0 Å². The maximum atomic E-state index is 11.7. The SMILES string of the molecule is COC(CN)CC(=O)NCC(C)CN1CCCCC1.Cl.Cl. The summed E-state index contributed by atoms with van der Waals surface area (Å²) in [4.78, 5) is 14.2. The number of halogens is 2. The van der Waals surface area contributed by atoms with E-state index in [2.05, 4.69) is 17.1 Å². The molecule has 0 spiro atoms. The van der Waals surface area contributed by atoms with Gasteiger partial charge in [0.2, 0.25) is 5.91 Å². The Kier molecular flexibility index (Phi) is 15.0. The summed E-state index contributed by atoms with van der Waals surface area (Å²) in [5.74, 6) is 0.517. The predicted octanol–water partition coefficient (Wildman–Crippen LogP) is 1.43. The van der Waals surface area contributed by atoms with Crippen molar-refractivity contribution in [1.29, 1.82) is 0 Å². The van der Waals surface area contributed by atoms with Crippen LogP contribution in [0.5, 0.6) is 0 Å². The number of likely N-dealkylation sites (tertiary alicyclic amines) is 1. The van der Waals surface area contributed by atoms with Crippen LogP contribution in [0.4, 0.5) is 0 Å². The smallest absolute Gasteiger partial charge is 0.222 e. The van der Waals surface area contributed by atoms with E-state index in [1.54, 1.807) is 7.11 Å². The Hall–Kier alpha value is -0.0700. The highest BCUT2D eigenvalue weighted by molar-refractivity contribution is 5.85. The van der Waals surface area contributed by atoms with Gasteiger partial charge in [0.1, 0.15) is 0 Å². The van der Waals surface area contributed by atoms with Crippen molar-refractivity contribution in [2.45, 2.75) is 38.7 Å². The van der Waals surface area contributed by atoms with Crippen molar-refractivity contribution in [2.75, 3.05) is 39.8 Å². The molecule has 1 heterocycles. The van der Waals surface area contributed by atoms with E-state index in [1.165, 1.54) is 32.4 Å². The van der Waals surface area contributed by atoms with Crippen LogP contribution >= 0.6 is 24.8 Å². The fraction of sp³-hybridized carbons (Fsp3) is 0.929. The minimum Gasteiger partial charge on any atom is -0.380 e. The number of carbonyl (C=O) groups is 1. The molecule has 7 heteroatoms. The number of carbonyl (C=O) groups excluding carboxylic acids is 1. The molecule has 0 aliphatic carbocycles. The monoisotopic (exact) mass is 343 g/mol. The third-order valence-corrected chi connectivity index (χ3v) is 3.68. The van der Waals surface area contributed by atoms with Crippen LogP contribution in [-0.4, -0.2) is 56.7 Å². The number of nitrogens with zero attached hydrogens (tertiary/aromatic N) is 1. The van der Waals surface area contributed by atoms with Crippen LogP contribution in [0.15, 0.2) is 0 Å². The average molecular weight is 344 g/mol. The third-order valence-electron chi connectivity index (χ3n) is 3.68. The van der Waals surface area contributed by atoms with E-state index in [-0.39, 0.29) is 36.8 Å². The first kappa shape index (κ1) is 23.2. The number of hydrogen-bond donors (Lipinski definition) is 2. The number of rotatable bonds is 8. The fourth-order valence-electron chi connectivity index (χ4n) is 2.48. The Morgan fingerprint density at radius 2 is 1.90 bits per heavy atom. The quantitative estimate of drug-likeness (QED) is 0.699. The van der Waals surface area contributed by atoms with Crippen molar-refractivity contribution in [2.24, 2.45) is 11.7 Å². The van der Waals surface area contributed by atoms with Gasteiger partial charge in [0, 0.05) is 26.7 Å². The summed E-state index contributed by atoms with van der Waals surface area (Å²) in [5.41, 5.74) is 5.50. The molecule has 21 heavy (non-hydrogen) atoms. The molecule has 128 valence electrons. The lowest BCUT2D eigenvalue weighted by atomic mass is 10.1. The van der Waals surface area contributed by atoms with Crippen molar-refractivity contribution in [3.63, 3.8) is 0 Å². The van der Waals surface area contributed by atoms with Gasteiger partial charge in [-0.1, -0.05) is 13.3 Å². The highest BCUT2D eigenvalue weighted by Crippen LogP contribution is 2.10. The van der Waals surface area contributed by atoms with E-state index in [0.717, 1.165) is 13.1 Å². The second-order valence-corrected chi connectivity index (χ2v) is 5.57. The molecule has 0 bridgehead atoms. The summed E-state index contributed by atoms with van der Waals surface area (Å²) in [6.07, 6.45) is 4.16. The number of hydrogen-bond acceptors (Lipinski definition) is 4. The summed E-state index contributed by atoms with van der Waals surface area (Å²) >= 11 is 0. The number of nitrogens with one attached hydrogen (secondary N) is 1. The third kappa shape index (κ3) is 10.3. The Morgan fingerprint density at radius 1 is 1.29 bits per heavy atom. The first-order valence-electron chi connectivity index (χ1n) is 7.37. The second kappa shape index (κ2) is 13.6. The topological polar surface area (TPSA) is 67.6 Å². The molecular formula is C14H31Cl2N3O2. The molecule has 3 N–H and O–H groups in total. The minimum atomic E-state index is -0.169. The zero-order chi connectivity index (χ0) is 14.1. The van der Waals surface area contributed by atoms with Crippen LogP contribution in [-0.2, 0) is 9.53 Å². The van der Waals surface area contributed by atoms with Crippen LogP contribution in [0.1, 0.15) is 32.6 Å². The lowest BCUT2D eigenvalue weighted by molar-refractivity contribution is -0.123. The number of ether oxygens (including phenoxy) is 1. The number of piperidine rings is 1. The second-order valence-electron chi connectivity index (χ2n) is 5.57. The van der Waals surface area contributed by atoms with E-state index < -0.39 is 0 Å². The predicted molar refractivity (Wildman–Crippen MR) is 91.4 cm³/mol. The Bertz CT molecular complexity index is 261. The number of nitrogens with two attached hydrogens (primary N) is 1. The van der Waals surface area contributed by atoms with Crippen LogP contribution in [0.25, 0.3) is 0 Å². The fourth-order valence-corrected chi connectivity index (χ4v) is 2.48. The zero-order valence-corrected chi connectivity index (χ0v) is 14.8. The molecule has 2 atom stereocenters. The Labute approximate surface area is 141 Å². The molecule has 1 aliphatic rings. The van der Waals surface area contributed by atoms with Crippen LogP contribution < -0.4 is 11.1 Å². The van der Waals surface area contributed by atoms with E-state index in [4.69, 9.17) is 10.5 Å². The Morgan fingerprint density at radius 3 is 2.43 bits per heavy atom. The maximum Gasteiger partial charge on any atom is 0.222 e. The molecule has 2 unspecified atom stereocenters. The molecule has 1 saturated heterocycles. The summed E-state index contributed by atoms with van der Waals surface area (Å²) in [7, 11) is 1.59. The van der Waals surface area contributed by atoms with Gasteiger partial charge in [-0.15, -0.1) is 24.8 Å². The number of methoxy groups -OCH3 is 1. The largest absolute Gasteiger partial charge is 0.380 e. The highest BCUT2D eigenvalue weighted by atomic mass is 35.5. The van der Waals surface area contributed by atoms with Crippen LogP contribution in [0, 0.1) is 5.92 Å². The van der Waals surface area contributed by atoms with Crippen LogP contribution in [0.3, 0.4) is 0 Å². The molecule has 1 fully saturated rings. The first-order valence-corrected chi connectivity index (χ1v) is 7.37. The van der Waals surface area contributed by atoms with Gasteiger partial charge >= 0.3 is 0 Å². The van der Waals surface area contributed by atoms with Crippen molar-refractivity contribution in [3.05, 3.63) is 0 Å². The van der Waals surface area contributed by atoms with Gasteiger partial charge in [0.05, 0.1) is 12.5 Å². The first-order chi connectivity index (χ1) is 9.15. The van der Waals surface area contributed by atoms with E-state index in [0.29, 0.717) is 18.9 Å². The molecule has 1 aliphatic heterocycles. The summed E-state index contributed by atoms with van der Waals surface area (Å²) in [6.45, 7) is 6.79. The van der Waals surface area contributed by atoms with Crippen LogP contribution in [0.2, 0.25) is 0 Å². The maximum absolute atomic E-state index is 11.7. The van der Waals surface area contributed by atoms with Crippen molar-refractivity contribution < 1.29 is 9.53 Å². The van der Waals surface area contributed by atoms with Gasteiger partial charge in [-0.05, 0) is 31.8 Å². The van der Waals surface area contributed by atoms with Gasteiger partial charge in [-0.2, -0.15) is 0 Å². The molecule has 0 aromatic rings. The molecule has 0 radical (unpaired) electrons. The average Bonchev–Trinajstić information content (AvgIpc) is 2.43. The summed E-state index contributed by atoms with van der Waals surface area (Å²) in [5, 5.41) is 2.97. The lowest BCUT2D eigenvalue weighted by Gasteiger charge is -2.29. The normalized spacial score (nSPS) is 18.0. The lowest BCUT2D eigenvalue weighted by Crippen LogP contribution is -2.39. The highest BCUT2D eigenvalue weighted by Gasteiger charge is 2.15. The van der Waals surface area contributed by atoms with Gasteiger partial charge in [0.15, 0.2) is 0 Å². The molecular weight excluding hydrogens is 313 g/mol. The summed E-state index contributed by atoms with van der Waals surface area (Å²) < 4.78 is 5.10. The molecule has 1 rings (SSSR count). The molecule has 0 aromatic heterocycles. The number of amides is 1.